The molecular weight excluding hydrogens is 335 g/mol. The quantitative estimate of drug-likeness (QED) is 0.785. The normalized spacial score (nSPS) is 11.3. The number of aromatic nitrogens is 2. The number of amides is 1. The number of rotatable bonds is 4. The Kier molecular flexibility index (Phi) is 4.51. The lowest BCUT2D eigenvalue weighted by Crippen LogP contribution is -2.24. The van der Waals surface area contributed by atoms with Gasteiger partial charge in [-0.2, -0.15) is 0 Å². The van der Waals surface area contributed by atoms with E-state index in [-0.39, 0.29) is 17.9 Å². The first-order valence-corrected chi connectivity index (χ1v) is 7.25. The van der Waals surface area contributed by atoms with Crippen LogP contribution in [-0.4, -0.2) is 22.2 Å². The van der Waals surface area contributed by atoms with Crippen LogP contribution < -0.4 is 10.1 Å². The zero-order valence-electron chi connectivity index (χ0n) is 12.7. The minimum Gasteiger partial charge on any atom is -0.405 e. The summed E-state index contributed by atoms with van der Waals surface area (Å²) < 4.78 is 41.2. The predicted octanol–water partition coefficient (Wildman–Crippen LogP) is 3.46. The van der Waals surface area contributed by atoms with Crippen molar-refractivity contribution in [2.45, 2.75) is 12.9 Å². The molecule has 25 heavy (non-hydrogen) atoms. The second kappa shape index (κ2) is 6.76. The van der Waals surface area contributed by atoms with Crippen LogP contribution in [0.4, 0.5) is 13.2 Å². The number of halogens is 3. The highest BCUT2D eigenvalue weighted by molar-refractivity contribution is 5.97. The molecule has 1 N–H and O–H groups in total. The molecule has 0 fully saturated rings. The van der Waals surface area contributed by atoms with Crippen LogP contribution in [0.15, 0.2) is 54.9 Å². The standard InChI is InChI=1S/C17H12F3N3O2/c18-17(19,20)25-15-4-2-1-3-12(15)10-23-16(24)11-5-6-13-14(9-11)22-8-7-21-13/h1-9H,10H2,(H,23,24). The van der Waals surface area contributed by atoms with Crippen LogP contribution in [0.2, 0.25) is 0 Å². The van der Waals surface area contributed by atoms with Gasteiger partial charge in [0.1, 0.15) is 5.75 Å². The van der Waals surface area contributed by atoms with Gasteiger partial charge in [-0.15, -0.1) is 13.2 Å². The van der Waals surface area contributed by atoms with Gasteiger partial charge in [-0.1, -0.05) is 18.2 Å². The summed E-state index contributed by atoms with van der Waals surface area (Å²) >= 11 is 0. The molecule has 0 aliphatic rings. The number of hydrogen-bond acceptors (Lipinski definition) is 4. The van der Waals surface area contributed by atoms with E-state index in [1.54, 1.807) is 30.5 Å². The Labute approximate surface area is 140 Å². The van der Waals surface area contributed by atoms with E-state index in [1.165, 1.54) is 24.4 Å². The van der Waals surface area contributed by atoms with Crippen LogP contribution in [-0.2, 0) is 6.54 Å². The molecule has 0 unspecified atom stereocenters. The van der Waals surface area contributed by atoms with E-state index in [4.69, 9.17) is 0 Å². The number of benzene rings is 2. The predicted molar refractivity (Wildman–Crippen MR) is 83.8 cm³/mol. The molecule has 0 radical (unpaired) electrons. The summed E-state index contributed by atoms with van der Waals surface area (Å²) in [5, 5.41) is 2.57. The molecule has 0 aliphatic carbocycles. The molecule has 8 heteroatoms. The van der Waals surface area contributed by atoms with Gasteiger partial charge in [-0.3, -0.25) is 14.8 Å². The molecule has 3 rings (SSSR count). The zero-order valence-corrected chi connectivity index (χ0v) is 12.7. The summed E-state index contributed by atoms with van der Waals surface area (Å²) in [7, 11) is 0. The Bertz CT molecular complexity index is 913. The summed E-state index contributed by atoms with van der Waals surface area (Å²) in [6.45, 7) is -0.108. The third-order valence-electron chi connectivity index (χ3n) is 3.37. The molecule has 0 saturated heterocycles. The van der Waals surface area contributed by atoms with E-state index in [2.05, 4.69) is 20.0 Å². The number of hydrogen-bond donors (Lipinski definition) is 1. The van der Waals surface area contributed by atoms with Crippen molar-refractivity contribution in [1.82, 2.24) is 15.3 Å². The Hall–Kier alpha value is -3.16. The number of ether oxygens (including phenoxy) is 1. The lowest BCUT2D eigenvalue weighted by molar-refractivity contribution is -0.274. The molecule has 0 bridgehead atoms. The smallest absolute Gasteiger partial charge is 0.405 e. The fraction of sp³-hybridized carbons (Fsp3) is 0.118. The first kappa shape index (κ1) is 16.7. The Morgan fingerprint density at radius 2 is 1.76 bits per heavy atom. The highest BCUT2D eigenvalue weighted by atomic mass is 19.4. The highest BCUT2D eigenvalue weighted by Crippen LogP contribution is 2.26. The molecule has 0 spiro atoms. The van der Waals surface area contributed by atoms with Gasteiger partial charge in [0.2, 0.25) is 0 Å². The lowest BCUT2D eigenvalue weighted by atomic mass is 10.1. The minimum atomic E-state index is -4.79. The molecule has 128 valence electrons. The highest BCUT2D eigenvalue weighted by Gasteiger charge is 2.31. The first-order chi connectivity index (χ1) is 11.9. The van der Waals surface area contributed by atoms with E-state index in [0.29, 0.717) is 16.6 Å². The third kappa shape index (κ3) is 4.23. The van der Waals surface area contributed by atoms with Gasteiger partial charge < -0.3 is 10.1 Å². The molecule has 0 saturated carbocycles. The van der Waals surface area contributed by atoms with Gasteiger partial charge in [-0.25, -0.2) is 0 Å². The van der Waals surface area contributed by atoms with Gasteiger partial charge in [0.05, 0.1) is 11.0 Å². The fourth-order valence-corrected chi connectivity index (χ4v) is 2.26. The average Bonchev–Trinajstić information content (AvgIpc) is 2.59. The zero-order chi connectivity index (χ0) is 17.9. The van der Waals surface area contributed by atoms with Gasteiger partial charge in [0, 0.05) is 30.1 Å². The second-order valence-electron chi connectivity index (χ2n) is 5.10. The molecule has 1 aromatic heterocycles. The minimum absolute atomic E-state index is 0.108. The largest absolute Gasteiger partial charge is 0.573 e. The summed E-state index contributed by atoms with van der Waals surface area (Å²) in [5.74, 6) is -0.783. The van der Waals surface area contributed by atoms with E-state index in [0.717, 1.165) is 0 Å². The van der Waals surface area contributed by atoms with Gasteiger partial charge >= 0.3 is 6.36 Å². The molecule has 0 aliphatic heterocycles. The molecule has 1 amide bonds. The topological polar surface area (TPSA) is 64.1 Å². The van der Waals surface area contributed by atoms with Gasteiger partial charge in [0.25, 0.3) is 5.91 Å². The van der Waals surface area contributed by atoms with Gasteiger partial charge in [0.15, 0.2) is 0 Å². The number of para-hydroxylation sites is 1. The Balaban J connectivity index is 1.73. The number of alkyl halides is 3. The van der Waals surface area contributed by atoms with Crippen LogP contribution in [0.25, 0.3) is 11.0 Å². The van der Waals surface area contributed by atoms with Crippen molar-refractivity contribution in [1.29, 1.82) is 0 Å². The lowest BCUT2D eigenvalue weighted by Gasteiger charge is -2.13. The molecule has 3 aromatic rings. The summed E-state index contributed by atoms with van der Waals surface area (Å²) in [4.78, 5) is 20.4. The van der Waals surface area contributed by atoms with E-state index in [9.17, 15) is 18.0 Å². The summed E-state index contributed by atoms with van der Waals surface area (Å²) in [6, 6.07) is 10.4. The van der Waals surface area contributed by atoms with Crippen LogP contribution in [0.1, 0.15) is 15.9 Å². The van der Waals surface area contributed by atoms with E-state index < -0.39 is 12.3 Å². The molecule has 0 atom stereocenters. The summed E-state index contributed by atoms with van der Waals surface area (Å²) in [6.07, 6.45) is -1.74. The molecule has 1 heterocycles. The van der Waals surface area contributed by atoms with E-state index in [1.807, 2.05) is 0 Å². The molecular formula is C17H12F3N3O2. The van der Waals surface area contributed by atoms with Crippen molar-refractivity contribution in [3.63, 3.8) is 0 Å². The van der Waals surface area contributed by atoms with Crippen molar-refractivity contribution in [3.05, 3.63) is 66.0 Å². The fourth-order valence-electron chi connectivity index (χ4n) is 2.26. The second-order valence-corrected chi connectivity index (χ2v) is 5.10. The van der Waals surface area contributed by atoms with Crippen molar-refractivity contribution in [2.75, 3.05) is 0 Å². The van der Waals surface area contributed by atoms with Crippen molar-refractivity contribution < 1.29 is 22.7 Å². The average molecular weight is 347 g/mol. The molecule has 5 nitrogen and oxygen atoms in total. The van der Waals surface area contributed by atoms with Crippen LogP contribution in [0.5, 0.6) is 5.75 Å². The number of fused-ring (bicyclic) bond motifs is 1. The van der Waals surface area contributed by atoms with Crippen LogP contribution in [0, 0.1) is 0 Å². The van der Waals surface area contributed by atoms with E-state index >= 15 is 0 Å². The maximum atomic E-state index is 12.4. The molecule has 2 aromatic carbocycles. The van der Waals surface area contributed by atoms with Crippen molar-refractivity contribution in [2.24, 2.45) is 0 Å². The monoisotopic (exact) mass is 347 g/mol. The number of carbonyl (C=O) groups is 1. The van der Waals surface area contributed by atoms with Crippen LogP contribution >= 0.6 is 0 Å². The van der Waals surface area contributed by atoms with Crippen LogP contribution in [0.3, 0.4) is 0 Å². The number of nitrogens with one attached hydrogen (secondary N) is 1. The Morgan fingerprint density at radius 3 is 2.52 bits per heavy atom. The number of nitrogens with zero attached hydrogens (tertiary/aromatic N) is 2. The third-order valence-corrected chi connectivity index (χ3v) is 3.37. The van der Waals surface area contributed by atoms with Gasteiger partial charge in [-0.05, 0) is 24.3 Å². The maximum absolute atomic E-state index is 12.4. The Morgan fingerprint density at radius 1 is 1.04 bits per heavy atom. The number of carbonyl (C=O) groups excluding carboxylic acids is 1. The summed E-state index contributed by atoms with van der Waals surface area (Å²) in [5.41, 5.74) is 1.75. The van der Waals surface area contributed by atoms with Crippen molar-refractivity contribution in [3.8, 4) is 5.75 Å². The SMILES string of the molecule is O=C(NCc1ccccc1OC(F)(F)F)c1ccc2nccnc2c1. The first-order valence-electron chi connectivity index (χ1n) is 7.25. The van der Waals surface area contributed by atoms with Crippen molar-refractivity contribution >= 4 is 16.9 Å². The maximum Gasteiger partial charge on any atom is 0.573 e.